The fourth-order valence-electron chi connectivity index (χ4n) is 2.81. The topological polar surface area (TPSA) is 50.5 Å². The molecule has 0 radical (unpaired) electrons. The van der Waals surface area contributed by atoms with E-state index in [1.807, 2.05) is 0 Å². The molecule has 1 aliphatic heterocycles. The molecule has 112 valence electrons. The molecular weight excluding hydrogens is 250 g/mol. The van der Waals surface area contributed by atoms with Crippen LogP contribution in [0.2, 0.25) is 0 Å². The van der Waals surface area contributed by atoms with Crippen LogP contribution < -0.4 is 11.3 Å². The van der Waals surface area contributed by atoms with E-state index in [2.05, 4.69) is 47.6 Å². The highest BCUT2D eigenvalue weighted by atomic mass is 16.5. The van der Waals surface area contributed by atoms with Gasteiger partial charge < -0.3 is 4.74 Å². The van der Waals surface area contributed by atoms with E-state index < -0.39 is 0 Å². The molecule has 0 spiro atoms. The number of rotatable bonds is 7. The van der Waals surface area contributed by atoms with Gasteiger partial charge in [-0.25, -0.2) is 0 Å². The zero-order chi connectivity index (χ0) is 14.2. The van der Waals surface area contributed by atoms with Crippen molar-refractivity contribution in [2.75, 3.05) is 26.2 Å². The van der Waals surface area contributed by atoms with Gasteiger partial charge in [-0.3, -0.25) is 16.2 Å². The van der Waals surface area contributed by atoms with Crippen LogP contribution in [-0.2, 0) is 11.2 Å². The Bertz CT molecular complexity index is 371. The molecule has 0 amide bonds. The summed E-state index contributed by atoms with van der Waals surface area (Å²) in [5.41, 5.74) is 4.34. The highest BCUT2D eigenvalue weighted by Gasteiger charge is 2.26. The van der Waals surface area contributed by atoms with Crippen LogP contribution in [0.3, 0.4) is 0 Å². The van der Waals surface area contributed by atoms with Gasteiger partial charge in [0.1, 0.15) is 0 Å². The summed E-state index contributed by atoms with van der Waals surface area (Å²) in [7, 11) is 0. The van der Waals surface area contributed by atoms with Gasteiger partial charge in [0.05, 0.1) is 12.7 Å². The van der Waals surface area contributed by atoms with E-state index in [1.54, 1.807) is 0 Å². The van der Waals surface area contributed by atoms with Crippen LogP contribution in [0.1, 0.15) is 25.3 Å². The zero-order valence-electron chi connectivity index (χ0n) is 12.4. The maximum absolute atomic E-state index is 5.88. The number of nitrogens with two attached hydrogens (primary N) is 1. The molecule has 2 rings (SSSR count). The van der Waals surface area contributed by atoms with E-state index in [9.17, 15) is 0 Å². The first-order valence-corrected chi connectivity index (χ1v) is 7.67. The summed E-state index contributed by atoms with van der Waals surface area (Å²) in [4.78, 5) is 2.43. The molecular formula is C16H27N3O. The van der Waals surface area contributed by atoms with E-state index in [0.717, 1.165) is 45.5 Å². The molecule has 1 fully saturated rings. The molecule has 2 atom stereocenters. The average molecular weight is 277 g/mol. The fraction of sp³-hybridized carbons (Fsp3) is 0.625. The van der Waals surface area contributed by atoms with Crippen molar-refractivity contribution in [2.24, 2.45) is 5.84 Å². The maximum atomic E-state index is 5.88. The lowest BCUT2D eigenvalue weighted by Gasteiger charge is -2.36. The van der Waals surface area contributed by atoms with Crippen molar-refractivity contribution >= 4 is 0 Å². The predicted molar refractivity (Wildman–Crippen MR) is 82.3 cm³/mol. The second-order valence-electron chi connectivity index (χ2n) is 5.45. The number of hydrogen-bond acceptors (Lipinski definition) is 4. The Kier molecular flexibility index (Phi) is 6.47. The van der Waals surface area contributed by atoms with E-state index in [4.69, 9.17) is 10.6 Å². The van der Waals surface area contributed by atoms with Crippen molar-refractivity contribution in [3.63, 3.8) is 0 Å². The first-order chi connectivity index (χ1) is 9.83. The standard InChI is InChI=1S/C16H27N3O/c1-2-19-11-12-20-16(13-19)15(18-17)10-6-9-14-7-4-3-5-8-14/h3-5,7-8,15-16,18H,2,6,9-13,17H2,1H3. The molecule has 0 bridgehead atoms. The van der Waals surface area contributed by atoms with Crippen LogP contribution in [0.15, 0.2) is 30.3 Å². The quantitative estimate of drug-likeness (QED) is 0.587. The number of morpholine rings is 1. The van der Waals surface area contributed by atoms with Crippen LogP contribution in [-0.4, -0.2) is 43.3 Å². The van der Waals surface area contributed by atoms with Crippen LogP contribution in [0.25, 0.3) is 0 Å². The first kappa shape index (κ1) is 15.4. The monoisotopic (exact) mass is 277 g/mol. The Labute approximate surface area is 122 Å². The maximum Gasteiger partial charge on any atom is 0.0868 e. The molecule has 0 saturated carbocycles. The van der Waals surface area contributed by atoms with Gasteiger partial charge in [-0.1, -0.05) is 37.3 Å². The number of benzene rings is 1. The van der Waals surface area contributed by atoms with Crippen molar-refractivity contribution in [1.29, 1.82) is 0 Å². The zero-order valence-corrected chi connectivity index (χ0v) is 12.4. The van der Waals surface area contributed by atoms with Crippen molar-refractivity contribution in [3.8, 4) is 0 Å². The third kappa shape index (κ3) is 4.56. The molecule has 20 heavy (non-hydrogen) atoms. The van der Waals surface area contributed by atoms with Crippen LogP contribution in [0.5, 0.6) is 0 Å². The highest BCUT2D eigenvalue weighted by Crippen LogP contribution is 2.14. The van der Waals surface area contributed by atoms with Gasteiger partial charge in [0.15, 0.2) is 0 Å². The van der Waals surface area contributed by atoms with Gasteiger partial charge >= 0.3 is 0 Å². The molecule has 3 N–H and O–H groups in total. The summed E-state index contributed by atoms with van der Waals surface area (Å²) in [5.74, 6) is 5.72. The van der Waals surface area contributed by atoms with E-state index in [-0.39, 0.29) is 12.1 Å². The minimum Gasteiger partial charge on any atom is -0.374 e. The van der Waals surface area contributed by atoms with Crippen molar-refractivity contribution in [3.05, 3.63) is 35.9 Å². The number of aryl methyl sites for hydroxylation is 1. The lowest BCUT2D eigenvalue weighted by atomic mass is 10.0. The van der Waals surface area contributed by atoms with Gasteiger partial charge in [0, 0.05) is 19.1 Å². The third-order valence-electron chi connectivity index (χ3n) is 4.11. The largest absolute Gasteiger partial charge is 0.374 e. The number of nitrogens with zero attached hydrogens (tertiary/aromatic N) is 1. The summed E-state index contributed by atoms with van der Waals surface area (Å²) in [5, 5.41) is 0. The molecule has 0 aliphatic carbocycles. The summed E-state index contributed by atoms with van der Waals surface area (Å²) < 4.78 is 5.88. The van der Waals surface area contributed by atoms with E-state index >= 15 is 0 Å². The predicted octanol–water partition coefficient (Wildman–Crippen LogP) is 1.56. The van der Waals surface area contributed by atoms with Gasteiger partial charge in [-0.05, 0) is 31.4 Å². The molecule has 1 saturated heterocycles. The van der Waals surface area contributed by atoms with Crippen LogP contribution in [0.4, 0.5) is 0 Å². The van der Waals surface area contributed by atoms with Crippen molar-refractivity contribution in [1.82, 2.24) is 10.3 Å². The van der Waals surface area contributed by atoms with Gasteiger partial charge in [-0.15, -0.1) is 0 Å². The molecule has 1 aromatic carbocycles. The number of nitrogens with one attached hydrogen (secondary N) is 1. The highest BCUT2D eigenvalue weighted by molar-refractivity contribution is 5.14. The minimum atomic E-state index is 0.212. The first-order valence-electron chi connectivity index (χ1n) is 7.67. The van der Waals surface area contributed by atoms with Gasteiger partial charge in [0.25, 0.3) is 0 Å². The van der Waals surface area contributed by atoms with Crippen molar-refractivity contribution < 1.29 is 4.74 Å². The molecule has 1 aromatic rings. The second kappa shape index (κ2) is 8.37. The molecule has 1 aliphatic rings. The Morgan fingerprint density at radius 3 is 2.90 bits per heavy atom. The number of hydrogen-bond donors (Lipinski definition) is 2. The Morgan fingerprint density at radius 1 is 1.40 bits per heavy atom. The molecule has 1 heterocycles. The van der Waals surface area contributed by atoms with Gasteiger partial charge in [0.2, 0.25) is 0 Å². The lowest BCUT2D eigenvalue weighted by Crippen LogP contribution is -2.53. The number of hydrazine groups is 1. The molecule has 2 unspecified atom stereocenters. The molecule has 4 nitrogen and oxygen atoms in total. The average Bonchev–Trinajstić information content (AvgIpc) is 2.52. The second-order valence-corrected chi connectivity index (χ2v) is 5.45. The lowest BCUT2D eigenvalue weighted by molar-refractivity contribution is -0.0464. The fourth-order valence-corrected chi connectivity index (χ4v) is 2.81. The third-order valence-corrected chi connectivity index (χ3v) is 4.11. The Balaban J connectivity index is 1.77. The van der Waals surface area contributed by atoms with E-state index in [1.165, 1.54) is 5.56 Å². The number of likely N-dealkylation sites (N-methyl/N-ethyl adjacent to an activating group) is 1. The van der Waals surface area contributed by atoms with Crippen LogP contribution >= 0.6 is 0 Å². The SMILES string of the molecule is CCN1CCOC(C(CCCc2ccccc2)NN)C1. The van der Waals surface area contributed by atoms with Crippen LogP contribution in [0, 0.1) is 0 Å². The van der Waals surface area contributed by atoms with Crippen molar-refractivity contribution in [2.45, 2.75) is 38.3 Å². The smallest absolute Gasteiger partial charge is 0.0868 e. The van der Waals surface area contributed by atoms with Gasteiger partial charge in [-0.2, -0.15) is 0 Å². The normalized spacial score (nSPS) is 21.8. The summed E-state index contributed by atoms with van der Waals surface area (Å²) >= 11 is 0. The Morgan fingerprint density at radius 2 is 2.20 bits per heavy atom. The molecule has 0 aromatic heterocycles. The minimum absolute atomic E-state index is 0.212. The van der Waals surface area contributed by atoms with E-state index in [0.29, 0.717) is 0 Å². The molecule has 4 heteroatoms. The summed E-state index contributed by atoms with van der Waals surface area (Å²) in [6.45, 7) is 6.12. The number of ether oxygens (including phenoxy) is 1. The Hall–Kier alpha value is -0.940. The summed E-state index contributed by atoms with van der Waals surface area (Å²) in [6, 6.07) is 10.9. The summed E-state index contributed by atoms with van der Waals surface area (Å²) in [6.07, 6.45) is 3.49.